The summed E-state index contributed by atoms with van der Waals surface area (Å²) in [7, 11) is 0. The summed E-state index contributed by atoms with van der Waals surface area (Å²) in [5, 5.41) is 0. The molecular formula is C14H30N2O. The third-order valence-electron chi connectivity index (χ3n) is 3.44. The van der Waals surface area contributed by atoms with Gasteiger partial charge in [-0.3, -0.25) is 4.90 Å². The molecule has 102 valence electrons. The molecule has 17 heavy (non-hydrogen) atoms. The Balaban J connectivity index is 2.54. The molecule has 0 aromatic heterocycles. The van der Waals surface area contributed by atoms with Crippen LogP contribution >= 0.6 is 0 Å². The lowest BCUT2D eigenvalue weighted by Gasteiger charge is -2.39. The molecule has 1 heterocycles. The van der Waals surface area contributed by atoms with Crippen LogP contribution in [0.15, 0.2) is 0 Å². The van der Waals surface area contributed by atoms with Gasteiger partial charge in [-0.2, -0.15) is 0 Å². The lowest BCUT2D eigenvalue weighted by Crippen LogP contribution is -2.50. The van der Waals surface area contributed by atoms with E-state index in [0.29, 0.717) is 12.6 Å². The van der Waals surface area contributed by atoms with Gasteiger partial charge in [0, 0.05) is 25.7 Å². The van der Waals surface area contributed by atoms with E-state index in [-0.39, 0.29) is 6.10 Å². The molecule has 0 amide bonds. The lowest BCUT2D eigenvalue weighted by atomic mass is 9.93. The summed E-state index contributed by atoms with van der Waals surface area (Å²) in [4.78, 5) is 2.60. The molecule has 1 unspecified atom stereocenters. The van der Waals surface area contributed by atoms with Crippen molar-refractivity contribution in [1.82, 2.24) is 4.90 Å². The van der Waals surface area contributed by atoms with Crippen LogP contribution in [0.5, 0.6) is 0 Å². The van der Waals surface area contributed by atoms with Crippen LogP contribution in [-0.4, -0.2) is 43.3 Å². The van der Waals surface area contributed by atoms with Gasteiger partial charge in [-0.25, -0.2) is 0 Å². The number of morpholine rings is 1. The van der Waals surface area contributed by atoms with Crippen molar-refractivity contribution in [3.8, 4) is 0 Å². The maximum absolute atomic E-state index is 5.72. The first kappa shape index (κ1) is 14.9. The van der Waals surface area contributed by atoms with E-state index in [4.69, 9.17) is 10.5 Å². The Morgan fingerprint density at radius 1 is 1.18 bits per heavy atom. The van der Waals surface area contributed by atoms with Gasteiger partial charge in [0.2, 0.25) is 0 Å². The van der Waals surface area contributed by atoms with Gasteiger partial charge in [0.15, 0.2) is 0 Å². The maximum atomic E-state index is 5.72. The number of nitrogens with zero attached hydrogens (tertiary/aromatic N) is 1. The first-order valence-electron chi connectivity index (χ1n) is 7.08. The summed E-state index contributed by atoms with van der Waals surface area (Å²) in [5.74, 6) is 1.52. The Morgan fingerprint density at radius 2 is 1.76 bits per heavy atom. The number of hydrogen-bond donors (Lipinski definition) is 1. The Kier molecular flexibility index (Phi) is 6.45. The van der Waals surface area contributed by atoms with Crippen molar-refractivity contribution >= 4 is 0 Å². The van der Waals surface area contributed by atoms with Gasteiger partial charge in [-0.05, 0) is 24.7 Å². The molecule has 1 aliphatic heterocycles. The molecule has 0 bridgehead atoms. The maximum Gasteiger partial charge on any atom is 0.0824 e. The second-order valence-corrected chi connectivity index (χ2v) is 6.14. The standard InChI is InChI=1S/C14H30N2O/c1-11(2)7-13(8-12(3)4)16-5-6-17-14(9-15)10-16/h11-14H,5-10,15H2,1-4H3. The predicted molar refractivity (Wildman–Crippen MR) is 73.1 cm³/mol. The van der Waals surface area contributed by atoms with Crippen LogP contribution in [0.25, 0.3) is 0 Å². The van der Waals surface area contributed by atoms with Crippen molar-refractivity contribution in [3.05, 3.63) is 0 Å². The van der Waals surface area contributed by atoms with E-state index in [9.17, 15) is 0 Å². The van der Waals surface area contributed by atoms with Crippen LogP contribution in [0.1, 0.15) is 40.5 Å². The zero-order chi connectivity index (χ0) is 12.8. The van der Waals surface area contributed by atoms with Crippen LogP contribution < -0.4 is 5.73 Å². The van der Waals surface area contributed by atoms with Gasteiger partial charge in [-0.15, -0.1) is 0 Å². The monoisotopic (exact) mass is 242 g/mol. The molecule has 0 spiro atoms. The topological polar surface area (TPSA) is 38.5 Å². The van der Waals surface area contributed by atoms with Crippen molar-refractivity contribution in [2.45, 2.75) is 52.7 Å². The number of hydrogen-bond acceptors (Lipinski definition) is 3. The normalized spacial score (nSPS) is 22.9. The van der Waals surface area contributed by atoms with Gasteiger partial charge in [0.25, 0.3) is 0 Å². The fraction of sp³-hybridized carbons (Fsp3) is 1.00. The molecule has 1 saturated heterocycles. The number of nitrogens with two attached hydrogens (primary N) is 1. The first-order valence-corrected chi connectivity index (χ1v) is 7.08. The molecule has 1 rings (SSSR count). The van der Waals surface area contributed by atoms with Crippen molar-refractivity contribution in [3.63, 3.8) is 0 Å². The third-order valence-corrected chi connectivity index (χ3v) is 3.44. The predicted octanol–water partition coefficient (Wildman–Crippen LogP) is 2.11. The van der Waals surface area contributed by atoms with Crippen molar-refractivity contribution < 1.29 is 4.74 Å². The van der Waals surface area contributed by atoms with Crippen molar-refractivity contribution in [2.24, 2.45) is 17.6 Å². The van der Waals surface area contributed by atoms with E-state index < -0.39 is 0 Å². The second-order valence-electron chi connectivity index (χ2n) is 6.14. The Labute approximate surface area is 107 Å². The fourth-order valence-corrected chi connectivity index (χ4v) is 2.70. The zero-order valence-corrected chi connectivity index (χ0v) is 12.0. The molecule has 3 heteroatoms. The molecule has 2 N–H and O–H groups in total. The summed E-state index contributed by atoms with van der Waals surface area (Å²) >= 11 is 0. The van der Waals surface area contributed by atoms with Crippen LogP contribution in [0.2, 0.25) is 0 Å². The fourth-order valence-electron chi connectivity index (χ4n) is 2.70. The third kappa shape index (κ3) is 5.36. The molecule has 1 atom stereocenters. The Morgan fingerprint density at radius 3 is 2.24 bits per heavy atom. The van der Waals surface area contributed by atoms with E-state index >= 15 is 0 Å². The summed E-state index contributed by atoms with van der Waals surface area (Å²) < 4.78 is 5.65. The first-order chi connectivity index (χ1) is 8.02. The number of rotatable bonds is 6. The zero-order valence-electron chi connectivity index (χ0n) is 12.0. The van der Waals surface area contributed by atoms with Crippen LogP contribution in [0.4, 0.5) is 0 Å². The summed E-state index contributed by atoms with van der Waals surface area (Å²) in [6.07, 6.45) is 2.82. The molecule has 0 aromatic rings. The van der Waals surface area contributed by atoms with Gasteiger partial charge < -0.3 is 10.5 Å². The SMILES string of the molecule is CC(C)CC(CC(C)C)N1CCOC(CN)C1. The van der Waals surface area contributed by atoms with Gasteiger partial charge in [-0.1, -0.05) is 27.7 Å². The minimum atomic E-state index is 0.241. The molecule has 1 fully saturated rings. The second kappa shape index (κ2) is 7.34. The average Bonchev–Trinajstić information content (AvgIpc) is 2.27. The lowest BCUT2D eigenvalue weighted by molar-refractivity contribution is -0.0440. The highest BCUT2D eigenvalue weighted by Crippen LogP contribution is 2.21. The minimum absolute atomic E-state index is 0.241. The Hall–Kier alpha value is -0.120. The quantitative estimate of drug-likeness (QED) is 0.775. The van der Waals surface area contributed by atoms with E-state index in [0.717, 1.165) is 31.5 Å². The summed E-state index contributed by atoms with van der Waals surface area (Å²) in [6, 6.07) is 0.702. The molecule has 0 aromatic carbocycles. The van der Waals surface area contributed by atoms with Crippen LogP contribution in [0, 0.1) is 11.8 Å². The van der Waals surface area contributed by atoms with Gasteiger partial charge in [0.1, 0.15) is 0 Å². The highest BCUT2D eigenvalue weighted by atomic mass is 16.5. The average molecular weight is 242 g/mol. The molecular weight excluding hydrogens is 212 g/mol. The van der Waals surface area contributed by atoms with E-state index in [2.05, 4.69) is 32.6 Å². The molecule has 0 saturated carbocycles. The van der Waals surface area contributed by atoms with E-state index in [1.54, 1.807) is 0 Å². The molecule has 0 aliphatic carbocycles. The van der Waals surface area contributed by atoms with Gasteiger partial charge in [0.05, 0.1) is 12.7 Å². The minimum Gasteiger partial charge on any atom is -0.374 e. The molecule has 3 nitrogen and oxygen atoms in total. The Bertz CT molecular complexity index is 196. The van der Waals surface area contributed by atoms with Crippen LogP contribution in [-0.2, 0) is 4.74 Å². The summed E-state index contributed by atoms with van der Waals surface area (Å²) in [6.45, 7) is 12.8. The number of ether oxygens (including phenoxy) is 1. The highest BCUT2D eigenvalue weighted by Gasteiger charge is 2.26. The van der Waals surface area contributed by atoms with E-state index in [1.165, 1.54) is 12.8 Å². The van der Waals surface area contributed by atoms with Gasteiger partial charge >= 0.3 is 0 Å². The molecule has 0 radical (unpaired) electrons. The van der Waals surface area contributed by atoms with Crippen molar-refractivity contribution in [2.75, 3.05) is 26.2 Å². The van der Waals surface area contributed by atoms with Crippen molar-refractivity contribution in [1.29, 1.82) is 0 Å². The summed E-state index contributed by atoms with van der Waals surface area (Å²) in [5.41, 5.74) is 5.72. The highest BCUT2D eigenvalue weighted by molar-refractivity contribution is 4.80. The van der Waals surface area contributed by atoms with E-state index in [1.807, 2.05) is 0 Å². The largest absolute Gasteiger partial charge is 0.374 e. The smallest absolute Gasteiger partial charge is 0.0824 e. The van der Waals surface area contributed by atoms with Crippen LogP contribution in [0.3, 0.4) is 0 Å². The molecule has 1 aliphatic rings.